The summed E-state index contributed by atoms with van der Waals surface area (Å²) in [5.74, 6) is 1.22. The molecule has 2 saturated heterocycles. The van der Waals surface area contributed by atoms with Crippen molar-refractivity contribution in [1.29, 1.82) is 0 Å². The Hall–Kier alpha value is -2.86. The van der Waals surface area contributed by atoms with Gasteiger partial charge in [0.1, 0.15) is 5.75 Å². The summed E-state index contributed by atoms with van der Waals surface area (Å²) in [7, 11) is 1.65. The first-order valence-corrected chi connectivity index (χ1v) is 12.0. The van der Waals surface area contributed by atoms with E-state index in [4.69, 9.17) is 4.74 Å². The third-order valence-electron chi connectivity index (χ3n) is 7.07. The first-order valence-electron chi connectivity index (χ1n) is 12.0. The van der Waals surface area contributed by atoms with Crippen LogP contribution in [0.4, 0.5) is 5.69 Å². The van der Waals surface area contributed by atoms with Crippen molar-refractivity contribution >= 4 is 17.5 Å². The molecule has 0 saturated carbocycles. The monoisotopic (exact) mass is 449 g/mol. The van der Waals surface area contributed by atoms with E-state index in [1.807, 2.05) is 60.4 Å². The standard InChI is InChI=1S/C27H35N3O3/c1-20-3-7-23(8-4-20)28-27(32)22-11-15-29(16-12-22)24-13-17-30(18-14-24)26(31)19-21-5-9-25(33-2)10-6-21/h3-10,22,24H,11-19H2,1-2H3,(H,28,32). The van der Waals surface area contributed by atoms with Crippen LogP contribution >= 0.6 is 0 Å². The molecule has 0 aliphatic carbocycles. The highest BCUT2D eigenvalue weighted by Gasteiger charge is 2.31. The zero-order chi connectivity index (χ0) is 23.2. The van der Waals surface area contributed by atoms with Crippen molar-refractivity contribution in [1.82, 2.24) is 9.80 Å². The van der Waals surface area contributed by atoms with E-state index in [9.17, 15) is 9.59 Å². The fourth-order valence-corrected chi connectivity index (χ4v) is 4.92. The third kappa shape index (κ3) is 6.14. The summed E-state index contributed by atoms with van der Waals surface area (Å²) in [6.07, 6.45) is 4.25. The van der Waals surface area contributed by atoms with Crippen LogP contribution in [0.2, 0.25) is 0 Å². The van der Waals surface area contributed by atoms with Crippen LogP contribution in [-0.4, -0.2) is 60.9 Å². The molecule has 0 radical (unpaired) electrons. The number of aryl methyl sites for hydroxylation is 1. The van der Waals surface area contributed by atoms with Gasteiger partial charge < -0.3 is 19.9 Å². The van der Waals surface area contributed by atoms with Crippen molar-refractivity contribution < 1.29 is 14.3 Å². The molecule has 33 heavy (non-hydrogen) atoms. The fraction of sp³-hybridized carbons (Fsp3) is 0.481. The third-order valence-corrected chi connectivity index (χ3v) is 7.07. The van der Waals surface area contributed by atoms with Gasteiger partial charge in [-0.15, -0.1) is 0 Å². The van der Waals surface area contributed by atoms with E-state index in [2.05, 4.69) is 10.2 Å². The lowest BCUT2D eigenvalue weighted by molar-refractivity contribution is -0.132. The normalized spacial score (nSPS) is 18.2. The summed E-state index contributed by atoms with van der Waals surface area (Å²) in [5, 5.41) is 3.07. The number of nitrogens with zero attached hydrogens (tertiary/aromatic N) is 2. The molecule has 2 aliphatic heterocycles. The van der Waals surface area contributed by atoms with Gasteiger partial charge in [-0.2, -0.15) is 0 Å². The Balaban J connectivity index is 1.19. The molecule has 2 aromatic carbocycles. The highest BCUT2D eigenvalue weighted by Crippen LogP contribution is 2.25. The topological polar surface area (TPSA) is 61.9 Å². The fourth-order valence-electron chi connectivity index (χ4n) is 4.92. The van der Waals surface area contributed by atoms with Crippen molar-refractivity contribution in [2.75, 3.05) is 38.6 Å². The van der Waals surface area contributed by atoms with Crippen molar-refractivity contribution in [2.24, 2.45) is 5.92 Å². The maximum absolute atomic E-state index is 12.7. The van der Waals surface area contributed by atoms with Gasteiger partial charge in [-0.05, 0) is 75.5 Å². The van der Waals surface area contributed by atoms with E-state index in [1.54, 1.807) is 7.11 Å². The van der Waals surface area contributed by atoms with Gasteiger partial charge in [-0.3, -0.25) is 9.59 Å². The lowest BCUT2D eigenvalue weighted by Crippen LogP contribution is -2.50. The van der Waals surface area contributed by atoms with Gasteiger partial charge in [-0.25, -0.2) is 0 Å². The van der Waals surface area contributed by atoms with Crippen molar-refractivity contribution in [3.63, 3.8) is 0 Å². The molecule has 2 aromatic rings. The summed E-state index contributed by atoms with van der Waals surface area (Å²) in [6.45, 7) is 5.58. The Morgan fingerprint density at radius 2 is 1.55 bits per heavy atom. The zero-order valence-electron chi connectivity index (χ0n) is 19.8. The molecule has 2 heterocycles. The van der Waals surface area contributed by atoms with Gasteiger partial charge in [0.2, 0.25) is 11.8 Å². The van der Waals surface area contributed by atoms with Crippen LogP contribution in [-0.2, 0) is 16.0 Å². The highest BCUT2D eigenvalue weighted by atomic mass is 16.5. The lowest BCUT2D eigenvalue weighted by Gasteiger charge is -2.41. The number of carbonyl (C=O) groups excluding carboxylic acids is 2. The average Bonchev–Trinajstić information content (AvgIpc) is 2.86. The van der Waals surface area contributed by atoms with Crippen molar-refractivity contribution in [3.05, 3.63) is 59.7 Å². The van der Waals surface area contributed by atoms with Gasteiger partial charge >= 0.3 is 0 Å². The number of ether oxygens (including phenoxy) is 1. The highest BCUT2D eigenvalue weighted by molar-refractivity contribution is 5.92. The van der Waals surface area contributed by atoms with Crippen LogP contribution in [0.3, 0.4) is 0 Å². The number of hydrogen-bond donors (Lipinski definition) is 1. The van der Waals surface area contributed by atoms with Gasteiger partial charge in [0.05, 0.1) is 13.5 Å². The second kappa shape index (κ2) is 10.8. The Morgan fingerprint density at radius 3 is 2.15 bits per heavy atom. The number of methoxy groups -OCH3 is 1. The molecular weight excluding hydrogens is 414 g/mol. The minimum absolute atomic E-state index is 0.0775. The van der Waals surface area contributed by atoms with Gasteiger partial charge in [0, 0.05) is 30.7 Å². The van der Waals surface area contributed by atoms with Crippen molar-refractivity contribution in [2.45, 2.75) is 45.1 Å². The minimum Gasteiger partial charge on any atom is -0.497 e. The summed E-state index contributed by atoms with van der Waals surface area (Å²) >= 11 is 0. The Bertz CT molecular complexity index is 926. The number of anilines is 1. The van der Waals surface area contributed by atoms with Crippen LogP contribution in [0.25, 0.3) is 0 Å². The largest absolute Gasteiger partial charge is 0.497 e. The second-order valence-electron chi connectivity index (χ2n) is 9.30. The first-order chi connectivity index (χ1) is 16.0. The van der Waals surface area contributed by atoms with Crippen LogP contribution in [0.5, 0.6) is 5.75 Å². The van der Waals surface area contributed by atoms with Gasteiger partial charge in [0.15, 0.2) is 0 Å². The van der Waals surface area contributed by atoms with Crippen LogP contribution < -0.4 is 10.1 Å². The van der Waals surface area contributed by atoms with Gasteiger partial charge in [-0.1, -0.05) is 29.8 Å². The quantitative estimate of drug-likeness (QED) is 0.727. The molecule has 1 N–H and O–H groups in total. The molecule has 2 aliphatic rings. The number of rotatable bonds is 6. The van der Waals surface area contributed by atoms with E-state index >= 15 is 0 Å². The molecule has 4 rings (SSSR count). The molecule has 0 aromatic heterocycles. The predicted octanol–water partition coefficient (Wildman–Crippen LogP) is 3.89. The number of piperidine rings is 2. The number of carbonyl (C=O) groups is 2. The van der Waals surface area contributed by atoms with Crippen molar-refractivity contribution in [3.8, 4) is 5.75 Å². The summed E-state index contributed by atoms with van der Waals surface area (Å²) in [6, 6.07) is 16.2. The molecule has 6 heteroatoms. The van der Waals surface area contributed by atoms with Gasteiger partial charge in [0.25, 0.3) is 0 Å². The van der Waals surface area contributed by atoms with E-state index in [0.717, 1.165) is 68.9 Å². The molecule has 176 valence electrons. The molecular formula is C27H35N3O3. The Labute approximate surface area is 196 Å². The Kier molecular flexibility index (Phi) is 7.65. The lowest BCUT2D eigenvalue weighted by atomic mass is 9.92. The minimum atomic E-state index is 0.0775. The smallest absolute Gasteiger partial charge is 0.227 e. The van der Waals surface area contributed by atoms with Crippen LogP contribution in [0.1, 0.15) is 36.8 Å². The molecule has 0 spiro atoms. The zero-order valence-corrected chi connectivity index (χ0v) is 19.8. The molecule has 2 fully saturated rings. The number of benzene rings is 2. The average molecular weight is 450 g/mol. The first kappa shape index (κ1) is 23.3. The van der Waals surface area contributed by atoms with E-state index in [1.165, 1.54) is 5.56 Å². The molecule has 0 atom stereocenters. The van der Waals surface area contributed by atoms with E-state index in [0.29, 0.717) is 12.5 Å². The maximum Gasteiger partial charge on any atom is 0.227 e. The number of likely N-dealkylation sites (tertiary alicyclic amines) is 2. The van der Waals surface area contributed by atoms with E-state index in [-0.39, 0.29) is 17.7 Å². The van der Waals surface area contributed by atoms with Crippen LogP contribution in [0, 0.1) is 12.8 Å². The van der Waals surface area contributed by atoms with E-state index < -0.39 is 0 Å². The molecule has 6 nitrogen and oxygen atoms in total. The maximum atomic E-state index is 12.7. The molecule has 0 unspecified atom stereocenters. The summed E-state index contributed by atoms with van der Waals surface area (Å²) < 4.78 is 5.19. The predicted molar refractivity (Wildman–Crippen MR) is 130 cm³/mol. The second-order valence-corrected chi connectivity index (χ2v) is 9.30. The number of nitrogens with one attached hydrogen (secondary N) is 1. The van der Waals surface area contributed by atoms with Crippen LogP contribution in [0.15, 0.2) is 48.5 Å². The summed E-state index contributed by atoms with van der Waals surface area (Å²) in [4.78, 5) is 29.9. The number of amides is 2. The SMILES string of the molecule is COc1ccc(CC(=O)N2CCC(N3CCC(C(=O)Nc4ccc(C)cc4)CC3)CC2)cc1. The number of hydrogen-bond acceptors (Lipinski definition) is 4. The molecule has 2 amide bonds. The summed E-state index contributed by atoms with van der Waals surface area (Å²) in [5.41, 5.74) is 3.09. The molecule has 0 bridgehead atoms. The Morgan fingerprint density at radius 1 is 0.909 bits per heavy atom.